The van der Waals surface area contributed by atoms with Crippen LogP contribution in [0.1, 0.15) is 54.7 Å². The summed E-state index contributed by atoms with van der Waals surface area (Å²) in [6, 6.07) is 8.00. The molecule has 0 aliphatic rings. The first-order chi connectivity index (χ1) is 14.4. The van der Waals surface area contributed by atoms with Crippen LogP contribution in [0.4, 0.5) is 0 Å². The molecule has 0 aromatic heterocycles. The molecule has 2 N–H and O–H groups in total. The molecule has 0 aliphatic heterocycles. The molecule has 0 saturated carbocycles. The smallest absolute Gasteiger partial charge is 0.185 e. The van der Waals surface area contributed by atoms with Gasteiger partial charge < -0.3 is 14.9 Å². The number of phenols is 2. The number of carbonyl (C=O) groups is 1. The lowest BCUT2D eigenvalue weighted by Crippen LogP contribution is -2.10. The highest BCUT2D eigenvalue weighted by atomic mass is 16.5. The van der Waals surface area contributed by atoms with Crippen LogP contribution in [-0.2, 0) is 12.8 Å². The van der Waals surface area contributed by atoms with Crippen LogP contribution in [0.25, 0.3) is 6.08 Å². The third-order valence-corrected chi connectivity index (χ3v) is 4.51. The molecule has 0 amide bonds. The van der Waals surface area contributed by atoms with E-state index in [1.165, 1.54) is 18.2 Å². The summed E-state index contributed by atoms with van der Waals surface area (Å²) in [6.45, 7) is 7.73. The number of phenolic OH excluding ortho intramolecular Hbond substituents is 2. The highest BCUT2D eigenvalue weighted by molar-refractivity contribution is 6.07. The molecule has 0 atom stereocenters. The summed E-state index contributed by atoms with van der Waals surface area (Å²) >= 11 is 0. The molecule has 4 heteroatoms. The first kappa shape index (κ1) is 23.0. The second-order valence-corrected chi connectivity index (χ2v) is 7.24. The van der Waals surface area contributed by atoms with Crippen molar-refractivity contribution in [1.29, 1.82) is 0 Å². The van der Waals surface area contributed by atoms with E-state index in [1.807, 2.05) is 58.1 Å². The molecule has 0 bridgehead atoms. The van der Waals surface area contributed by atoms with Crippen molar-refractivity contribution >= 4 is 11.9 Å². The molecule has 158 valence electrons. The SMILES string of the molecule is C/C=C/Cc1cc(/C=C/C(=O)c2ccc(O)cc2)c(OC(C)C)c(C/C=C/C)c1O. The van der Waals surface area contributed by atoms with E-state index in [0.29, 0.717) is 29.7 Å². The molecule has 0 radical (unpaired) electrons. The topological polar surface area (TPSA) is 66.8 Å². The van der Waals surface area contributed by atoms with Crippen molar-refractivity contribution in [3.8, 4) is 17.2 Å². The second-order valence-electron chi connectivity index (χ2n) is 7.24. The van der Waals surface area contributed by atoms with Gasteiger partial charge in [-0.25, -0.2) is 0 Å². The fraction of sp³-hybridized carbons (Fsp3) is 0.269. The summed E-state index contributed by atoms with van der Waals surface area (Å²) in [5.41, 5.74) is 2.71. The van der Waals surface area contributed by atoms with Crippen LogP contribution in [0, 0.1) is 0 Å². The predicted octanol–water partition coefficient (Wildman–Crippen LogP) is 6.02. The molecule has 0 fully saturated rings. The summed E-state index contributed by atoms with van der Waals surface area (Å²) in [4.78, 5) is 12.6. The molecule has 30 heavy (non-hydrogen) atoms. The molecular weight excluding hydrogens is 376 g/mol. The fourth-order valence-corrected chi connectivity index (χ4v) is 3.01. The maximum Gasteiger partial charge on any atom is 0.185 e. The minimum Gasteiger partial charge on any atom is -0.508 e. The quantitative estimate of drug-likeness (QED) is 0.304. The zero-order valence-corrected chi connectivity index (χ0v) is 18.1. The number of rotatable bonds is 9. The molecule has 2 aromatic carbocycles. The number of benzene rings is 2. The van der Waals surface area contributed by atoms with Crippen molar-refractivity contribution < 1.29 is 19.7 Å². The van der Waals surface area contributed by atoms with Crippen LogP contribution in [-0.4, -0.2) is 22.1 Å². The Hall–Kier alpha value is -3.27. The van der Waals surface area contributed by atoms with E-state index in [4.69, 9.17) is 4.74 Å². The standard InChI is InChI=1S/C26H30O4/c1-5-7-9-20-17-21(13-16-24(28)19-11-14-22(27)15-12-19)26(30-18(3)4)23(25(20)29)10-8-6-2/h5-8,11-18,27,29H,9-10H2,1-4H3/b7-5+,8-6+,16-13+. The van der Waals surface area contributed by atoms with Crippen LogP contribution in [0.15, 0.2) is 60.7 Å². The van der Waals surface area contributed by atoms with Gasteiger partial charge in [-0.2, -0.15) is 0 Å². The van der Waals surface area contributed by atoms with Crippen LogP contribution in [0.5, 0.6) is 17.2 Å². The fourth-order valence-electron chi connectivity index (χ4n) is 3.01. The highest BCUT2D eigenvalue weighted by Crippen LogP contribution is 2.38. The van der Waals surface area contributed by atoms with Gasteiger partial charge in [-0.05, 0) is 88.6 Å². The Kier molecular flexibility index (Phi) is 8.48. The lowest BCUT2D eigenvalue weighted by atomic mass is 9.96. The molecule has 2 rings (SSSR count). The van der Waals surface area contributed by atoms with E-state index in [0.717, 1.165) is 11.1 Å². The van der Waals surface area contributed by atoms with Crippen molar-refractivity contribution in [2.24, 2.45) is 0 Å². The number of ketones is 1. The Morgan fingerprint density at radius 2 is 1.67 bits per heavy atom. The van der Waals surface area contributed by atoms with Gasteiger partial charge in [0.1, 0.15) is 17.2 Å². The molecule has 0 saturated heterocycles. The van der Waals surface area contributed by atoms with Gasteiger partial charge in [0.25, 0.3) is 0 Å². The van der Waals surface area contributed by atoms with E-state index in [9.17, 15) is 15.0 Å². The number of ether oxygens (including phenoxy) is 1. The number of carbonyl (C=O) groups excluding carboxylic acids is 1. The summed E-state index contributed by atoms with van der Waals surface area (Å²) in [5, 5.41) is 20.3. The molecular formula is C26H30O4. The lowest BCUT2D eigenvalue weighted by molar-refractivity contribution is 0.104. The van der Waals surface area contributed by atoms with Crippen LogP contribution in [0.3, 0.4) is 0 Å². The zero-order valence-electron chi connectivity index (χ0n) is 18.1. The summed E-state index contributed by atoms with van der Waals surface area (Å²) in [6.07, 6.45) is 12.1. The van der Waals surface area contributed by atoms with Crippen molar-refractivity contribution in [3.63, 3.8) is 0 Å². The van der Waals surface area contributed by atoms with Gasteiger partial charge in [0.05, 0.1) is 6.10 Å². The van der Waals surface area contributed by atoms with Crippen LogP contribution in [0.2, 0.25) is 0 Å². The Morgan fingerprint density at radius 3 is 2.27 bits per heavy atom. The van der Waals surface area contributed by atoms with Crippen molar-refractivity contribution in [3.05, 3.63) is 83.0 Å². The van der Waals surface area contributed by atoms with Crippen LogP contribution >= 0.6 is 0 Å². The molecule has 0 spiro atoms. The minimum atomic E-state index is -0.177. The Bertz CT molecular complexity index is 948. The zero-order chi connectivity index (χ0) is 22.1. The number of aromatic hydroxyl groups is 2. The van der Waals surface area contributed by atoms with Crippen molar-refractivity contribution in [2.45, 2.75) is 46.6 Å². The van der Waals surface area contributed by atoms with Crippen molar-refractivity contribution in [2.75, 3.05) is 0 Å². The van der Waals surface area contributed by atoms with Gasteiger partial charge in [-0.3, -0.25) is 4.79 Å². The molecule has 4 nitrogen and oxygen atoms in total. The third-order valence-electron chi connectivity index (χ3n) is 4.51. The molecule has 2 aromatic rings. The van der Waals surface area contributed by atoms with Gasteiger partial charge in [0.2, 0.25) is 0 Å². The number of hydrogen-bond donors (Lipinski definition) is 2. The summed E-state index contributed by atoms with van der Waals surface area (Å²) in [7, 11) is 0. The first-order valence-electron chi connectivity index (χ1n) is 10.2. The Morgan fingerprint density at radius 1 is 1.03 bits per heavy atom. The average Bonchev–Trinajstić information content (AvgIpc) is 2.72. The third kappa shape index (κ3) is 6.11. The van der Waals surface area contributed by atoms with Gasteiger partial charge >= 0.3 is 0 Å². The molecule has 0 unspecified atom stereocenters. The largest absolute Gasteiger partial charge is 0.508 e. The normalized spacial score (nSPS) is 11.9. The number of hydrogen-bond acceptors (Lipinski definition) is 4. The van der Waals surface area contributed by atoms with Crippen LogP contribution < -0.4 is 4.74 Å². The maximum atomic E-state index is 12.6. The van der Waals surface area contributed by atoms with E-state index in [1.54, 1.807) is 18.2 Å². The summed E-state index contributed by atoms with van der Waals surface area (Å²) in [5.74, 6) is 0.746. The van der Waals surface area contributed by atoms with E-state index in [2.05, 4.69) is 0 Å². The van der Waals surface area contributed by atoms with Gasteiger partial charge in [0, 0.05) is 16.7 Å². The van der Waals surface area contributed by atoms with Gasteiger partial charge in [-0.15, -0.1) is 0 Å². The Balaban J connectivity index is 2.55. The predicted molar refractivity (Wildman–Crippen MR) is 122 cm³/mol. The Labute approximate surface area is 178 Å². The van der Waals surface area contributed by atoms with Crippen molar-refractivity contribution in [1.82, 2.24) is 0 Å². The average molecular weight is 407 g/mol. The highest BCUT2D eigenvalue weighted by Gasteiger charge is 2.18. The van der Waals surface area contributed by atoms with Gasteiger partial charge in [-0.1, -0.05) is 24.3 Å². The first-order valence-corrected chi connectivity index (χ1v) is 10.2. The second kappa shape index (κ2) is 11.1. The summed E-state index contributed by atoms with van der Waals surface area (Å²) < 4.78 is 6.06. The maximum absolute atomic E-state index is 12.6. The number of allylic oxidation sites excluding steroid dienone is 5. The van der Waals surface area contributed by atoms with Gasteiger partial charge in [0.15, 0.2) is 5.78 Å². The lowest BCUT2D eigenvalue weighted by Gasteiger charge is -2.20. The molecule has 0 aliphatic carbocycles. The minimum absolute atomic E-state index is 0.0879. The van der Waals surface area contributed by atoms with E-state index < -0.39 is 0 Å². The molecule has 0 heterocycles. The van der Waals surface area contributed by atoms with E-state index >= 15 is 0 Å². The van der Waals surface area contributed by atoms with E-state index in [-0.39, 0.29) is 23.4 Å². The monoisotopic (exact) mass is 406 g/mol.